The molecule has 0 bridgehead atoms. The van der Waals surface area contributed by atoms with Gasteiger partial charge in [-0.1, -0.05) is 0 Å². The lowest BCUT2D eigenvalue weighted by atomic mass is 10.0. The van der Waals surface area contributed by atoms with Gasteiger partial charge in [-0.3, -0.25) is 0 Å². The van der Waals surface area contributed by atoms with Crippen molar-refractivity contribution in [3.05, 3.63) is 0 Å². The number of ether oxygens (including phenoxy) is 1. The van der Waals surface area contributed by atoms with Gasteiger partial charge in [-0.2, -0.15) is 5.26 Å². The minimum atomic E-state index is -0.803. The van der Waals surface area contributed by atoms with E-state index in [0.29, 0.717) is 13.0 Å². The Kier molecular flexibility index (Phi) is 3.20. The average Bonchev–Trinajstić information content (AvgIpc) is 2.50. The zero-order valence-corrected chi connectivity index (χ0v) is 9.39. The highest BCUT2D eigenvalue weighted by Gasteiger charge is 2.36. The predicted molar refractivity (Wildman–Crippen MR) is 55.2 cm³/mol. The van der Waals surface area contributed by atoms with Crippen LogP contribution in [0.3, 0.4) is 0 Å². The summed E-state index contributed by atoms with van der Waals surface area (Å²) < 4.78 is 5.10. The second-order valence-corrected chi connectivity index (χ2v) is 4.75. The number of amides is 1. The molecule has 1 rings (SSSR count). The summed E-state index contributed by atoms with van der Waals surface area (Å²) in [7, 11) is 0. The Bertz CT molecular complexity index is 282. The lowest BCUT2D eigenvalue weighted by Gasteiger charge is -2.25. The van der Waals surface area contributed by atoms with Crippen molar-refractivity contribution in [2.24, 2.45) is 0 Å². The van der Waals surface area contributed by atoms with E-state index in [0.717, 1.165) is 6.54 Å². The molecule has 1 aliphatic rings. The minimum Gasteiger partial charge on any atom is -0.444 e. The van der Waals surface area contributed by atoms with Gasteiger partial charge in [-0.15, -0.1) is 0 Å². The molecule has 1 unspecified atom stereocenters. The number of hydrogen-bond acceptors (Lipinski definition) is 4. The van der Waals surface area contributed by atoms with Crippen LogP contribution in [0.5, 0.6) is 0 Å². The van der Waals surface area contributed by atoms with Crippen molar-refractivity contribution in [1.82, 2.24) is 10.6 Å². The molecule has 1 saturated heterocycles. The van der Waals surface area contributed by atoms with Crippen molar-refractivity contribution in [2.45, 2.75) is 38.3 Å². The van der Waals surface area contributed by atoms with Crippen LogP contribution >= 0.6 is 0 Å². The van der Waals surface area contributed by atoms with Crippen LogP contribution in [-0.4, -0.2) is 30.3 Å². The molecule has 2 N–H and O–H groups in total. The van der Waals surface area contributed by atoms with E-state index in [-0.39, 0.29) is 0 Å². The van der Waals surface area contributed by atoms with E-state index in [1.165, 1.54) is 0 Å². The Morgan fingerprint density at radius 3 is 2.67 bits per heavy atom. The third-order valence-electron chi connectivity index (χ3n) is 2.11. The molecule has 1 aliphatic heterocycles. The summed E-state index contributed by atoms with van der Waals surface area (Å²) in [4.78, 5) is 11.5. The van der Waals surface area contributed by atoms with Gasteiger partial charge in [0.05, 0.1) is 6.07 Å². The molecule has 84 valence electrons. The molecule has 5 nitrogen and oxygen atoms in total. The van der Waals surface area contributed by atoms with Crippen LogP contribution < -0.4 is 10.6 Å². The van der Waals surface area contributed by atoms with Gasteiger partial charge >= 0.3 is 6.09 Å². The molecule has 0 aromatic carbocycles. The highest BCUT2D eigenvalue weighted by Crippen LogP contribution is 2.15. The monoisotopic (exact) mass is 211 g/mol. The maximum atomic E-state index is 11.5. The number of hydrogen-bond donors (Lipinski definition) is 2. The van der Waals surface area contributed by atoms with Gasteiger partial charge in [0.25, 0.3) is 0 Å². The summed E-state index contributed by atoms with van der Waals surface area (Å²) in [5, 5.41) is 14.7. The number of alkyl carbamates (subject to hydrolysis) is 1. The van der Waals surface area contributed by atoms with Crippen LogP contribution in [0.25, 0.3) is 0 Å². The molecule has 15 heavy (non-hydrogen) atoms. The quantitative estimate of drug-likeness (QED) is 0.671. The highest BCUT2D eigenvalue weighted by atomic mass is 16.6. The normalized spacial score (nSPS) is 25.7. The third-order valence-corrected chi connectivity index (χ3v) is 2.11. The number of carbonyl (C=O) groups excluding carboxylic acids is 1. The van der Waals surface area contributed by atoms with Crippen LogP contribution in [-0.2, 0) is 4.74 Å². The molecular weight excluding hydrogens is 194 g/mol. The van der Waals surface area contributed by atoms with E-state index in [1.54, 1.807) is 20.8 Å². The molecule has 0 saturated carbocycles. The third kappa shape index (κ3) is 3.40. The molecule has 1 amide bonds. The number of carbonyl (C=O) groups is 1. The van der Waals surface area contributed by atoms with Crippen molar-refractivity contribution < 1.29 is 9.53 Å². The molecule has 1 fully saturated rings. The topological polar surface area (TPSA) is 74.1 Å². The Labute approximate surface area is 89.8 Å². The number of nitrogens with one attached hydrogen (secondary N) is 2. The Balaban J connectivity index is 2.54. The van der Waals surface area contributed by atoms with Crippen LogP contribution in [0.4, 0.5) is 4.79 Å². The van der Waals surface area contributed by atoms with E-state index in [9.17, 15) is 4.79 Å². The molecule has 0 radical (unpaired) electrons. The van der Waals surface area contributed by atoms with Crippen molar-refractivity contribution in [3.63, 3.8) is 0 Å². The molecule has 0 aliphatic carbocycles. The SMILES string of the molecule is CC(C)(C)OC(=O)NC1(C#N)CCNC1. The number of nitriles is 1. The van der Waals surface area contributed by atoms with Gasteiger partial charge < -0.3 is 15.4 Å². The first-order valence-corrected chi connectivity index (χ1v) is 5.00. The Morgan fingerprint density at radius 1 is 1.60 bits per heavy atom. The highest BCUT2D eigenvalue weighted by molar-refractivity contribution is 5.69. The van der Waals surface area contributed by atoms with Gasteiger partial charge in [0, 0.05) is 6.54 Å². The standard InChI is InChI=1S/C10H17N3O2/c1-9(2,3)15-8(14)13-10(6-11)4-5-12-7-10/h12H,4-5,7H2,1-3H3,(H,13,14). The zero-order valence-electron chi connectivity index (χ0n) is 9.39. The number of nitrogens with zero attached hydrogens (tertiary/aromatic N) is 1. The maximum Gasteiger partial charge on any atom is 0.408 e. The van der Waals surface area contributed by atoms with E-state index in [2.05, 4.69) is 16.7 Å². The van der Waals surface area contributed by atoms with Gasteiger partial charge in [-0.05, 0) is 33.7 Å². The smallest absolute Gasteiger partial charge is 0.408 e. The van der Waals surface area contributed by atoms with Crippen molar-refractivity contribution in [1.29, 1.82) is 5.26 Å². The second kappa shape index (κ2) is 4.07. The fraction of sp³-hybridized carbons (Fsp3) is 0.800. The molecule has 0 aromatic heterocycles. The predicted octanol–water partition coefficient (Wildman–Crippen LogP) is 0.767. The molecule has 5 heteroatoms. The summed E-state index contributed by atoms with van der Waals surface area (Å²) in [6.45, 7) is 6.58. The van der Waals surface area contributed by atoms with E-state index in [1.807, 2.05) is 0 Å². The van der Waals surface area contributed by atoms with Crippen LogP contribution in [0.2, 0.25) is 0 Å². The number of rotatable bonds is 1. The molecule has 1 heterocycles. The van der Waals surface area contributed by atoms with Crippen molar-refractivity contribution in [2.75, 3.05) is 13.1 Å². The summed E-state index contributed by atoms with van der Waals surface area (Å²) in [6, 6.07) is 2.12. The zero-order chi connectivity index (χ0) is 11.5. The fourth-order valence-corrected chi connectivity index (χ4v) is 1.42. The molecule has 0 aromatic rings. The molecule has 1 atom stereocenters. The summed E-state index contributed by atoms with van der Waals surface area (Å²) in [5.41, 5.74) is -1.34. The summed E-state index contributed by atoms with van der Waals surface area (Å²) in [5.74, 6) is 0. The first kappa shape index (κ1) is 11.8. The van der Waals surface area contributed by atoms with Crippen molar-refractivity contribution >= 4 is 6.09 Å². The second-order valence-electron chi connectivity index (χ2n) is 4.75. The van der Waals surface area contributed by atoms with E-state index in [4.69, 9.17) is 10.00 Å². The first-order chi connectivity index (χ1) is 6.87. The average molecular weight is 211 g/mol. The Morgan fingerprint density at radius 2 is 2.27 bits per heavy atom. The van der Waals surface area contributed by atoms with Crippen LogP contribution in [0, 0.1) is 11.3 Å². The first-order valence-electron chi connectivity index (χ1n) is 5.00. The van der Waals surface area contributed by atoms with Gasteiger partial charge in [0.1, 0.15) is 11.1 Å². The minimum absolute atomic E-state index is 0.475. The summed E-state index contributed by atoms with van der Waals surface area (Å²) in [6.07, 6.45) is 0.0793. The Hall–Kier alpha value is -1.28. The molecule has 0 spiro atoms. The lowest BCUT2D eigenvalue weighted by Crippen LogP contribution is -2.50. The van der Waals surface area contributed by atoms with Gasteiger partial charge in [0.2, 0.25) is 0 Å². The molecular formula is C10H17N3O2. The van der Waals surface area contributed by atoms with Crippen LogP contribution in [0.15, 0.2) is 0 Å². The van der Waals surface area contributed by atoms with Gasteiger partial charge in [0.15, 0.2) is 0 Å². The van der Waals surface area contributed by atoms with Gasteiger partial charge in [-0.25, -0.2) is 4.79 Å². The van der Waals surface area contributed by atoms with Crippen molar-refractivity contribution in [3.8, 4) is 6.07 Å². The largest absolute Gasteiger partial charge is 0.444 e. The van der Waals surface area contributed by atoms with E-state index < -0.39 is 17.2 Å². The van der Waals surface area contributed by atoms with Crippen LogP contribution in [0.1, 0.15) is 27.2 Å². The summed E-state index contributed by atoms with van der Waals surface area (Å²) >= 11 is 0. The maximum absolute atomic E-state index is 11.5. The van der Waals surface area contributed by atoms with E-state index >= 15 is 0 Å². The lowest BCUT2D eigenvalue weighted by molar-refractivity contribution is 0.0487. The fourth-order valence-electron chi connectivity index (χ4n) is 1.42.